The Hall–Kier alpha value is -2.88. The summed E-state index contributed by atoms with van der Waals surface area (Å²) in [4.78, 5) is 28.0. The van der Waals surface area contributed by atoms with Crippen LogP contribution in [0.3, 0.4) is 0 Å². The maximum Gasteiger partial charge on any atom is 0.257 e. The van der Waals surface area contributed by atoms with E-state index in [1.165, 1.54) is 32.1 Å². The quantitative estimate of drug-likeness (QED) is 0.599. The molecular formula is C25H27NO3. The number of carbonyl (C=O) groups is 1. The van der Waals surface area contributed by atoms with Crippen LogP contribution >= 0.6 is 0 Å². The molecule has 0 saturated heterocycles. The second kappa shape index (κ2) is 8.24. The molecule has 4 heteroatoms. The third-order valence-electron chi connectivity index (χ3n) is 6.01. The number of hydrogen-bond donors (Lipinski definition) is 0. The van der Waals surface area contributed by atoms with Crippen molar-refractivity contribution in [2.75, 3.05) is 13.6 Å². The van der Waals surface area contributed by atoms with Gasteiger partial charge in [0.1, 0.15) is 5.76 Å². The van der Waals surface area contributed by atoms with Gasteiger partial charge in [0.15, 0.2) is 11.0 Å². The molecule has 3 aromatic rings. The van der Waals surface area contributed by atoms with Gasteiger partial charge in [0.2, 0.25) is 0 Å². The van der Waals surface area contributed by atoms with Crippen molar-refractivity contribution < 1.29 is 9.21 Å². The minimum absolute atomic E-state index is 0.0883. The minimum atomic E-state index is -0.0906. The summed E-state index contributed by atoms with van der Waals surface area (Å²) in [7, 11) is 1.85. The van der Waals surface area contributed by atoms with Gasteiger partial charge in [0, 0.05) is 24.7 Å². The molecule has 1 aliphatic rings. The molecule has 1 saturated carbocycles. The monoisotopic (exact) mass is 389 g/mol. The molecule has 0 atom stereocenters. The van der Waals surface area contributed by atoms with Crippen molar-refractivity contribution in [3.63, 3.8) is 0 Å². The second-order valence-corrected chi connectivity index (χ2v) is 8.12. The van der Waals surface area contributed by atoms with Crippen LogP contribution in [0.2, 0.25) is 0 Å². The van der Waals surface area contributed by atoms with E-state index in [9.17, 15) is 9.59 Å². The lowest BCUT2D eigenvalue weighted by Crippen LogP contribution is -2.32. The van der Waals surface area contributed by atoms with E-state index in [1.54, 1.807) is 30.0 Å². The highest BCUT2D eigenvalue weighted by molar-refractivity contribution is 6.05. The van der Waals surface area contributed by atoms with Crippen LogP contribution in [0.4, 0.5) is 0 Å². The van der Waals surface area contributed by atoms with Crippen LogP contribution in [-0.2, 0) is 0 Å². The van der Waals surface area contributed by atoms with Crippen molar-refractivity contribution >= 4 is 16.9 Å². The first kappa shape index (κ1) is 19.4. The van der Waals surface area contributed by atoms with Crippen molar-refractivity contribution in [2.45, 2.75) is 39.0 Å². The number of para-hydroxylation sites is 1. The molecular weight excluding hydrogens is 362 g/mol. The largest absolute Gasteiger partial charge is 0.455 e. The van der Waals surface area contributed by atoms with Gasteiger partial charge in [-0.2, -0.15) is 0 Å². The zero-order valence-corrected chi connectivity index (χ0v) is 17.1. The summed E-state index contributed by atoms with van der Waals surface area (Å²) >= 11 is 0. The summed E-state index contributed by atoms with van der Waals surface area (Å²) in [5.41, 5.74) is 2.14. The van der Waals surface area contributed by atoms with Crippen LogP contribution in [0.15, 0.2) is 57.7 Å². The topological polar surface area (TPSA) is 50.5 Å². The average Bonchev–Trinajstić information content (AvgIpc) is 2.76. The Morgan fingerprint density at radius 1 is 1.03 bits per heavy atom. The summed E-state index contributed by atoms with van der Waals surface area (Å²) in [6, 6.07) is 14.8. The van der Waals surface area contributed by atoms with E-state index < -0.39 is 0 Å². The number of rotatable bonds is 4. The van der Waals surface area contributed by atoms with Crippen LogP contribution in [-0.4, -0.2) is 24.4 Å². The highest BCUT2D eigenvalue weighted by atomic mass is 16.3. The highest BCUT2D eigenvalue weighted by Crippen LogP contribution is 2.29. The molecule has 1 aliphatic carbocycles. The van der Waals surface area contributed by atoms with E-state index in [0.717, 1.165) is 12.1 Å². The maximum atomic E-state index is 13.2. The normalized spacial score (nSPS) is 14.8. The van der Waals surface area contributed by atoms with Crippen LogP contribution < -0.4 is 5.43 Å². The first-order chi connectivity index (χ1) is 14.1. The third-order valence-corrected chi connectivity index (χ3v) is 6.01. The second-order valence-electron chi connectivity index (χ2n) is 8.12. The zero-order chi connectivity index (χ0) is 20.4. The maximum absolute atomic E-state index is 13.2. The van der Waals surface area contributed by atoms with Gasteiger partial charge in [-0.15, -0.1) is 0 Å². The Kier molecular flexibility index (Phi) is 5.52. The Bertz CT molecular complexity index is 1080. The summed E-state index contributed by atoms with van der Waals surface area (Å²) in [6.45, 7) is 2.52. The van der Waals surface area contributed by atoms with Gasteiger partial charge in [-0.3, -0.25) is 9.59 Å². The molecule has 29 heavy (non-hydrogen) atoms. The molecule has 4 nitrogen and oxygen atoms in total. The van der Waals surface area contributed by atoms with E-state index in [4.69, 9.17) is 4.42 Å². The first-order valence-corrected chi connectivity index (χ1v) is 10.4. The Morgan fingerprint density at radius 2 is 1.76 bits per heavy atom. The number of fused-ring (bicyclic) bond motifs is 1. The molecule has 1 heterocycles. The van der Waals surface area contributed by atoms with Crippen molar-refractivity contribution in [2.24, 2.45) is 5.92 Å². The Labute approximate surface area is 171 Å². The molecule has 1 fully saturated rings. The number of hydrogen-bond acceptors (Lipinski definition) is 3. The van der Waals surface area contributed by atoms with Gasteiger partial charge in [0.25, 0.3) is 5.91 Å². The fraction of sp³-hybridized carbons (Fsp3) is 0.360. The average molecular weight is 389 g/mol. The van der Waals surface area contributed by atoms with E-state index in [2.05, 4.69) is 0 Å². The lowest BCUT2D eigenvalue weighted by Gasteiger charge is -2.27. The van der Waals surface area contributed by atoms with Gasteiger partial charge in [-0.1, -0.05) is 55.7 Å². The van der Waals surface area contributed by atoms with Gasteiger partial charge >= 0.3 is 0 Å². The number of carbonyl (C=O) groups excluding carboxylic acids is 1. The van der Waals surface area contributed by atoms with Crippen molar-refractivity contribution in [1.29, 1.82) is 0 Å². The lowest BCUT2D eigenvalue weighted by atomic mass is 9.89. The van der Waals surface area contributed by atoms with Crippen molar-refractivity contribution in [3.8, 4) is 11.3 Å². The molecule has 4 rings (SSSR count). The molecule has 0 radical (unpaired) electrons. The van der Waals surface area contributed by atoms with Gasteiger partial charge in [-0.25, -0.2) is 0 Å². The van der Waals surface area contributed by atoms with E-state index in [-0.39, 0.29) is 11.3 Å². The zero-order valence-electron chi connectivity index (χ0n) is 17.1. The first-order valence-electron chi connectivity index (χ1n) is 10.4. The molecule has 1 aromatic heterocycles. The van der Waals surface area contributed by atoms with Crippen LogP contribution in [0.1, 0.15) is 48.0 Å². The third kappa shape index (κ3) is 3.84. The molecule has 1 amide bonds. The summed E-state index contributed by atoms with van der Waals surface area (Å²) in [6.07, 6.45) is 6.15. The highest BCUT2D eigenvalue weighted by Gasteiger charge is 2.23. The van der Waals surface area contributed by atoms with E-state index in [0.29, 0.717) is 33.8 Å². The fourth-order valence-electron chi connectivity index (χ4n) is 4.39. The van der Waals surface area contributed by atoms with Crippen LogP contribution in [0.25, 0.3) is 22.3 Å². The minimum Gasteiger partial charge on any atom is -0.455 e. The van der Waals surface area contributed by atoms with Gasteiger partial charge < -0.3 is 9.32 Å². The molecule has 0 aliphatic heterocycles. The predicted molar refractivity (Wildman–Crippen MR) is 116 cm³/mol. The molecule has 0 unspecified atom stereocenters. The molecule has 0 bridgehead atoms. The summed E-state index contributed by atoms with van der Waals surface area (Å²) < 4.78 is 6.20. The summed E-state index contributed by atoms with van der Waals surface area (Å²) in [5, 5.41) is 0.457. The molecule has 0 N–H and O–H groups in total. The fourth-order valence-corrected chi connectivity index (χ4v) is 4.39. The van der Waals surface area contributed by atoms with Crippen molar-refractivity contribution in [1.82, 2.24) is 4.90 Å². The molecule has 0 spiro atoms. The van der Waals surface area contributed by atoms with E-state index in [1.807, 2.05) is 37.4 Å². The predicted octanol–water partition coefficient (Wildman–Crippen LogP) is 5.42. The van der Waals surface area contributed by atoms with Crippen molar-refractivity contribution in [3.05, 3.63) is 69.9 Å². The molecule has 150 valence electrons. The standard InChI is InChI=1S/C25H27NO3/c1-17-22(27)20-14-9-15-21(24(20)29-23(17)19-12-7-4-8-13-19)25(28)26(2)16-18-10-5-3-6-11-18/h4,7-9,12-15,18H,3,5-6,10-11,16H2,1-2H3. The SMILES string of the molecule is Cc1c(-c2ccccc2)oc2c(C(=O)N(C)CC3CCCCC3)cccc2c1=O. The Morgan fingerprint density at radius 3 is 2.48 bits per heavy atom. The number of amides is 1. The van der Waals surface area contributed by atoms with Gasteiger partial charge in [0.05, 0.1) is 10.9 Å². The Balaban J connectivity index is 1.75. The van der Waals surface area contributed by atoms with Crippen LogP contribution in [0.5, 0.6) is 0 Å². The number of nitrogens with zero attached hydrogens (tertiary/aromatic N) is 1. The smallest absolute Gasteiger partial charge is 0.257 e. The summed E-state index contributed by atoms with van der Waals surface area (Å²) in [5.74, 6) is 0.993. The van der Waals surface area contributed by atoms with E-state index >= 15 is 0 Å². The van der Waals surface area contributed by atoms with Crippen LogP contribution in [0, 0.1) is 12.8 Å². The molecule has 2 aromatic carbocycles. The number of benzene rings is 2. The lowest BCUT2D eigenvalue weighted by molar-refractivity contribution is 0.0761. The van der Waals surface area contributed by atoms with Gasteiger partial charge in [-0.05, 0) is 37.8 Å².